The molecule has 112 valence electrons. The van der Waals surface area contributed by atoms with Crippen molar-refractivity contribution in [2.45, 2.75) is 51.4 Å². The van der Waals surface area contributed by atoms with E-state index in [1.807, 2.05) is 0 Å². The molecule has 0 saturated heterocycles. The van der Waals surface area contributed by atoms with Crippen molar-refractivity contribution in [2.75, 3.05) is 14.2 Å². The van der Waals surface area contributed by atoms with E-state index in [-0.39, 0.29) is 22.8 Å². The fourth-order valence-electron chi connectivity index (χ4n) is 5.82. The van der Waals surface area contributed by atoms with E-state index in [9.17, 15) is 9.59 Å². The SMILES string of the molecule is COC(=O)CC12CC3CC(C1)CC(CC(=O)OC)(C3)C2. The van der Waals surface area contributed by atoms with E-state index in [0.29, 0.717) is 24.7 Å². The molecule has 4 aliphatic rings. The van der Waals surface area contributed by atoms with Crippen molar-refractivity contribution in [3.8, 4) is 0 Å². The number of hydrogen-bond acceptors (Lipinski definition) is 4. The zero-order chi connectivity index (χ0) is 14.4. The van der Waals surface area contributed by atoms with Gasteiger partial charge in [-0.2, -0.15) is 0 Å². The number of ether oxygens (including phenoxy) is 2. The first-order valence-corrected chi connectivity index (χ1v) is 7.62. The fourth-order valence-corrected chi connectivity index (χ4v) is 5.82. The molecule has 20 heavy (non-hydrogen) atoms. The maximum atomic E-state index is 11.8. The van der Waals surface area contributed by atoms with Crippen LogP contribution in [0.4, 0.5) is 0 Å². The van der Waals surface area contributed by atoms with Crippen LogP contribution in [-0.4, -0.2) is 26.2 Å². The quantitative estimate of drug-likeness (QED) is 0.743. The number of carbonyl (C=O) groups excluding carboxylic acids is 2. The normalized spacial score (nSPS) is 41.5. The van der Waals surface area contributed by atoms with E-state index in [0.717, 1.165) is 32.1 Å². The van der Waals surface area contributed by atoms with Crippen LogP contribution in [-0.2, 0) is 19.1 Å². The average Bonchev–Trinajstić information content (AvgIpc) is 2.35. The van der Waals surface area contributed by atoms with Crippen LogP contribution in [0.5, 0.6) is 0 Å². The Kier molecular flexibility index (Phi) is 3.30. The molecule has 4 saturated carbocycles. The number of hydrogen-bond donors (Lipinski definition) is 0. The van der Waals surface area contributed by atoms with Gasteiger partial charge in [-0.3, -0.25) is 9.59 Å². The lowest BCUT2D eigenvalue weighted by Gasteiger charge is -2.62. The largest absolute Gasteiger partial charge is 0.469 e. The minimum atomic E-state index is -0.0971. The Hall–Kier alpha value is -1.06. The molecule has 0 aromatic heterocycles. The second-order valence-corrected chi connectivity index (χ2v) is 7.47. The van der Waals surface area contributed by atoms with Crippen molar-refractivity contribution in [1.29, 1.82) is 0 Å². The van der Waals surface area contributed by atoms with Gasteiger partial charge in [0, 0.05) is 0 Å². The summed E-state index contributed by atoms with van der Waals surface area (Å²) in [6, 6.07) is 0. The zero-order valence-corrected chi connectivity index (χ0v) is 12.4. The first-order valence-electron chi connectivity index (χ1n) is 7.62. The standard InChI is InChI=1S/C16H24O4/c1-19-13(17)8-15-4-11-3-12(5-15)7-16(6-11,10-15)9-14(18)20-2/h11-12H,3-10H2,1-2H3. The number of esters is 2. The van der Waals surface area contributed by atoms with Crippen molar-refractivity contribution in [1.82, 2.24) is 0 Å². The molecule has 0 radical (unpaired) electrons. The van der Waals surface area contributed by atoms with Crippen molar-refractivity contribution in [3.05, 3.63) is 0 Å². The Labute approximate surface area is 120 Å². The molecule has 4 fully saturated rings. The summed E-state index contributed by atoms with van der Waals surface area (Å²) in [5, 5.41) is 0. The summed E-state index contributed by atoms with van der Waals surface area (Å²) >= 11 is 0. The van der Waals surface area contributed by atoms with Crippen molar-refractivity contribution >= 4 is 11.9 Å². The van der Waals surface area contributed by atoms with Crippen molar-refractivity contribution in [2.24, 2.45) is 22.7 Å². The van der Waals surface area contributed by atoms with E-state index < -0.39 is 0 Å². The van der Waals surface area contributed by atoms with Crippen LogP contribution >= 0.6 is 0 Å². The van der Waals surface area contributed by atoms with Crippen molar-refractivity contribution in [3.63, 3.8) is 0 Å². The molecule has 0 aromatic rings. The molecule has 4 nitrogen and oxygen atoms in total. The van der Waals surface area contributed by atoms with Crippen LogP contribution in [0, 0.1) is 22.7 Å². The highest BCUT2D eigenvalue weighted by atomic mass is 16.5. The molecule has 0 amide bonds. The molecule has 0 atom stereocenters. The monoisotopic (exact) mass is 280 g/mol. The van der Waals surface area contributed by atoms with Gasteiger partial charge in [-0.15, -0.1) is 0 Å². The minimum absolute atomic E-state index is 0.0885. The maximum Gasteiger partial charge on any atom is 0.306 e. The average molecular weight is 280 g/mol. The summed E-state index contributed by atoms with van der Waals surface area (Å²) in [5.41, 5.74) is 0.177. The highest BCUT2D eigenvalue weighted by Gasteiger charge is 2.58. The minimum Gasteiger partial charge on any atom is -0.469 e. The summed E-state index contributed by atoms with van der Waals surface area (Å²) in [6.07, 6.45) is 7.90. The van der Waals surface area contributed by atoms with Crippen LogP contribution < -0.4 is 0 Å². The smallest absolute Gasteiger partial charge is 0.306 e. The van der Waals surface area contributed by atoms with E-state index in [1.165, 1.54) is 20.6 Å². The second kappa shape index (κ2) is 4.74. The van der Waals surface area contributed by atoms with Gasteiger partial charge in [-0.1, -0.05) is 0 Å². The number of carbonyl (C=O) groups is 2. The summed E-state index contributed by atoms with van der Waals surface area (Å²) in [5.74, 6) is 1.18. The summed E-state index contributed by atoms with van der Waals surface area (Å²) in [6.45, 7) is 0. The molecule has 4 rings (SSSR count). The van der Waals surface area contributed by atoms with Gasteiger partial charge in [0.1, 0.15) is 0 Å². The molecule has 0 heterocycles. The Balaban J connectivity index is 1.81. The molecule has 4 bridgehead atoms. The number of rotatable bonds is 4. The molecule has 0 spiro atoms. The van der Waals surface area contributed by atoms with Crippen LogP contribution in [0.25, 0.3) is 0 Å². The van der Waals surface area contributed by atoms with Gasteiger partial charge < -0.3 is 9.47 Å². The van der Waals surface area contributed by atoms with Crippen LogP contribution in [0.1, 0.15) is 51.4 Å². The van der Waals surface area contributed by atoms with E-state index in [4.69, 9.17) is 9.47 Å². The molecular formula is C16H24O4. The van der Waals surface area contributed by atoms with Crippen LogP contribution in [0.2, 0.25) is 0 Å². The first-order chi connectivity index (χ1) is 9.48. The molecule has 4 aliphatic carbocycles. The second-order valence-electron chi connectivity index (χ2n) is 7.47. The third kappa shape index (κ3) is 2.33. The molecular weight excluding hydrogens is 256 g/mol. The molecule has 4 heteroatoms. The Morgan fingerprint density at radius 2 is 1.30 bits per heavy atom. The van der Waals surface area contributed by atoms with Gasteiger partial charge in [0.2, 0.25) is 0 Å². The lowest BCUT2D eigenvalue weighted by Crippen LogP contribution is -2.53. The number of methoxy groups -OCH3 is 2. The Bertz CT molecular complexity index is 378. The highest BCUT2D eigenvalue weighted by molar-refractivity contribution is 5.71. The van der Waals surface area contributed by atoms with Gasteiger partial charge in [-0.05, 0) is 61.2 Å². The lowest BCUT2D eigenvalue weighted by molar-refractivity contribution is -0.163. The zero-order valence-electron chi connectivity index (χ0n) is 12.4. The van der Waals surface area contributed by atoms with Gasteiger partial charge in [0.05, 0.1) is 27.1 Å². The third-order valence-electron chi connectivity index (χ3n) is 5.80. The predicted molar refractivity (Wildman–Crippen MR) is 72.8 cm³/mol. The van der Waals surface area contributed by atoms with Crippen LogP contribution in [0.3, 0.4) is 0 Å². The summed E-state index contributed by atoms with van der Waals surface area (Å²) in [7, 11) is 2.93. The molecule has 0 aliphatic heterocycles. The topological polar surface area (TPSA) is 52.6 Å². The molecule has 0 N–H and O–H groups in total. The van der Waals surface area contributed by atoms with Gasteiger partial charge >= 0.3 is 11.9 Å². The summed E-state index contributed by atoms with van der Waals surface area (Å²) < 4.78 is 9.79. The predicted octanol–water partition coefficient (Wildman–Crippen LogP) is 2.70. The lowest BCUT2D eigenvalue weighted by atomic mass is 9.43. The third-order valence-corrected chi connectivity index (χ3v) is 5.80. The highest BCUT2D eigenvalue weighted by Crippen LogP contribution is 2.67. The Morgan fingerprint density at radius 3 is 1.65 bits per heavy atom. The Morgan fingerprint density at radius 1 is 0.900 bits per heavy atom. The van der Waals surface area contributed by atoms with Crippen molar-refractivity contribution < 1.29 is 19.1 Å². The first kappa shape index (κ1) is 13.9. The van der Waals surface area contributed by atoms with Gasteiger partial charge in [0.25, 0.3) is 0 Å². The van der Waals surface area contributed by atoms with E-state index in [1.54, 1.807) is 0 Å². The maximum absolute atomic E-state index is 11.8. The van der Waals surface area contributed by atoms with Gasteiger partial charge in [-0.25, -0.2) is 0 Å². The summed E-state index contributed by atoms with van der Waals surface area (Å²) in [4.78, 5) is 23.5. The molecule has 0 unspecified atom stereocenters. The van der Waals surface area contributed by atoms with Crippen LogP contribution in [0.15, 0.2) is 0 Å². The fraction of sp³-hybridized carbons (Fsp3) is 0.875. The van der Waals surface area contributed by atoms with E-state index in [2.05, 4.69) is 0 Å². The van der Waals surface area contributed by atoms with Gasteiger partial charge in [0.15, 0.2) is 0 Å². The molecule has 0 aromatic carbocycles. The van der Waals surface area contributed by atoms with E-state index >= 15 is 0 Å².